The molecule has 5 aromatic carbocycles. The zero-order valence-corrected chi connectivity index (χ0v) is 27.5. The molecule has 1 aliphatic rings. The van der Waals surface area contributed by atoms with Gasteiger partial charge in [0.15, 0.2) is 18.9 Å². The van der Waals surface area contributed by atoms with Crippen molar-refractivity contribution in [2.45, 2.75) is 63.5 Å². The summed E-state index contributed by atoms with van der Waals surface area (Å²) in [5, 5.41) is 13.5. The molecule has 1 fully saturated rings. The van der Waals surface area contributed by atoms with Gasteiger partial charge in [0.05, 0.1) is 33.0 Å². The minimum atomic E-state index is -0.743. The third-order valence-corrected chi connectivity index (χ3v) is 8.41. The van der Waals surface area contributed by atoms with Crippen molar-refractivity contribution in [2.75, 3.05) is 6.61 Å². The van der Waals surface area contributed by atoms with Crippen molar-refractivity contribution in [1.82, 2.24) is 0 Å². The number of hydroxylamine groups is 1. The van der Waals surface area contributed by atoms with Gasteiger partial charge in [-0.25, -0.2) is 4.74 Å². The summed E-state index contributed by atoms with van der Waals surface area (Å²) in [6, 6.07) is 49.7. The SMILES string of the molecule is [O-]/[N+](=C\[C@@H]1O[C@H](COCc2ccccc2)[C@@H](OCc2ccccc2)[C@H](OCc2ccccc2)[C@@H]1OCc1ccccc1)Cc1ccccc1. The molecule has 0 saturated carbocycles. The minimum Gasteiger partial charge on any atom is -0.624 e. The van der Waals surface area contributed by atoms with E-state index < -0.39 is 30.5 Å². The van der Waals surface area contributed by atoms with Crippen LogP contribution in [0.1, 0.15) is 27.8 Å². The van der Waals surface area contributed by atoms with E-state index in [4.69, 9.17) is 23.7 Å². The van der Waals surface area contributed by atoms with Crippen LogP contribution in [-0.2, 0) is 56.7 Å². The van der Waals surface area contributed by atoms with E-state index in [1.807, 2.05) is 152 Å². The van der Waals surface area contributed by atoms with Crippen molar-refractivity contribution >= 4 is 6.21 Å². The summed E-state index contributed by atoms with van der Waals surface area (Å²) in [6.45, 7) is 1.79. The van der Waals surface area contributed by atoms with Crippen LogP contribution >= 0.6 is 0 Å². The third-order valence-electron chi connectivity index (χ3n) is 8.41. The van der Waals surface area contributed by atoms with E-state index in [2.05, 4.69) is 0 Å². The average molecular weight is 658 g/mol. The minimum absolute atomic E-state index is 0.171. The van der Waals surface area contributed by atoms with Crippen LogP contribution in [0.2, 0.25) is 0 Å². The molecule has 0 unspecified atom stereocenters. The van der Waals surface area contributed by atoms with Gasteiger partial charge in [0.25, 0.3) is 0 Å². The fourth-order valence-corrected chi connectivity index (χ4v) is 5.92. The molecule has 1 saturated heterocycles. The lowest BCUT2D eigenvalue weighted by molar-refractivity contribution is -0.474. The van der Waals surface area contributed by atoms with Gasteiger partial charge >= 0.3 is 0 Å². The number of nitrogens with zero attached hydrogens (tertiary/aromatic N) is 1. The van der Waals surface area contributed by atoms with Crippen LogP contribution in [0, 0.1) is 5.21 Å². The van der Waals surface area contributed by atoms with Crippen molar-refractivity contribution in [3.8, 4) is 0 Å². The topological polar surface area (TPSA) is 72.2 Å². The van der Waals surface area contributed by atoms with Crippen LogP contribution in [-0.4, -0.2) is 48.1 Å². The Bertz CT molecular complexity index is 1670. The van der Waals surface area contributed by atoms with Gasteiger partial charge in [-0.2, -0.15) is 0 Å². The molecule has 49 heavy (non-hydrogen) atoms. The molecule has 6 rings (SSSR count). The number of rotatable bonds is 16. The molecule has 0 aromatic heterocycles. The third kappa shape index (κ3) is 10.4. The first-order chi connectivity index (χ1) is 24.2. The highest BCUT2D eigenvalue weighted by molar-refractivity contribution is 5.59. The lowest BCUT2D eigenvalue weighted by Crippen LogP contribution is -2.62. The Hall–Kier alpha value is -4.63. The summed E-state index contributed by atoms with van der Waals surface area (Å²) >= 11 is 0. The Morgan fingerprint density at radius 3 is 1.35 bits per heavy atom. The van der Waals surface area contributed by atoms with Crippen LogP contribution in [0.25, 0.3) is 0 Å². The zero-order chi connectivity index (χ0) is 33.5. The van der Waals surface area contributed by atoms with Crippen LogP contribution < -0.4 is 0 Å². The molecule has 7 nitrogen and oxygen atoms in total. The second kappa shape index (κ2) is 18.2. The van der Waals surface area contributed by atoms with Crippen LogP contribution in [0.3, 0.4) is 0 Å². The lowest BCUT2D eigenvalue weighted by atomic mass is 9.94. The lowest BCUT2D eigenvalue weighted by Gasteiger charge is -2.44. The van der Waals surface area contributed by atoms with E-state index in [1.54, 1.807) is 6.21 Å². The number of ether oxygens (including phenoxy) is 5. The summed E-state index contributed by atoms with van der Waals surface area (Å²) in [5.74, 6) is 0. The van der Waals surface area contributed by atoms with E-state index in [1.165, 1.54) is 0 Å². The van der Waals surface area contributed by atoms with Crippen molar-refractivity contribution in [3.05, 3.63) is 185 Å². The van der Waals surface area contributed by atoms with Crippen molar-refractivity contribution in [2.24, 2.45) is 0 Å². The smallest absolute Gasteiger partial charge is 0.183 e. The quantitative estimate of drug-likeness (QED) is 0.0474. The molecule has 0 spiro atoms. The summed E-state index contributed by atoms with van der Waals surface area (Å²) in [7, 11) is 0. The first-order valence-electron chi connectivity index (χ1n) is 16.8. The van der Waals surface area contributed by atoms with Crippen molar-refractivity contribution in [3.63, 3.8) is 0 Å². The fourth-order valence-electron chi connectivity index (χ4n) is 5.92. The van der Waals surface area contributed by atoms with Crippen LogP contribution in [0.15, 0.2) is 152 Å². The van der Waals surface area contributed by atoms with E-state index >= 15 is 0 Å². The summed E-state index contributed by atoms with van der Waals surface area (Å²) in [6.07, 6.45) is -1.57. The molecule has 1 heterocycles. The second-order valence-electron chi connectivity index (χ2n) is 12.1. The molecule has 5 atom stereocenters. The van der Waals surface area contributed by atoms with Gasteiger partial charge in [-0.3, -0.25) is 0 Å². The van der Waals surface area contributed by atoms with Crippen LogP contribution in [0.5, 0.6) is 0 Å². The van der Waals surface area contributed by atoms with Gasteiger partial charge in [-0.1, -0.05) is 152 Å². The molecule has 0 radical (unpaired) electrons. The highest BCUT2D eigenvalue weighted by Crippen LogP contribution is 2.31. The van der Waals surface area contributed by atoms with Gasteiger partial charge in [0.1, 0.15) is 24.4 Å². The maximum absolute atomic E-state index is 13.5. The molecular weight excluding hydrogens is 614 g/mol. The highest BCUT2D eigenvalue weighted by Gasteiger charge is 2.49. The Kier molecular flexibility index (Phi) is 12.7. The largest absolute Gasteiger partial charge is 0.624 e. The van der Waals surface area contributed by atoms with Gasteiger partial charge in [0.2, 0.25) is 0 Å². The first kappa shape index (κ1) is 34.2. The summed E-state index contributed by atoms with van der Waals surface area (Å²) in [4.78, 5) is 0. The first-order valence-corrected chi connectivity index (χ1v) is 16.8. The second-order valence-corrected chi connectivity index (χ2v) is 12.1. The molecule has 252 valence electrons. The maximum atomic E-state index is 13.5. The molecule has 0 bridgehead atoms. The fraction of sp³-hybridized carbons (Fsp3) is 0.262. The highest BCUT2D eigenvalue weighted by atomic mass is 16.6. The van der Waals surface area contributed by atoms with Gasteiger partial charge < -0.3 is 28.9 Å². The van der Waals surface area contributed by atoms with Crippen LogP contribution in [0.4, 0.5) is 0 Å². The Morgan fingerprint density at radius 2 is 0.878 bits per heavy atom. The van der Waals surface area contributed by atoms with Gasteiger partial charge in [-0.15, -0.1) is 0 Å². The molecule has 1 aliphatic heterocycles. The van der Waals surface area contributed by atoms with E-state index in [0.717, 1.165) is 32.6 Å². The summed E-state index contributed by atoms with van der Waals surface area (Å²) in [5.41, 5.74) is 5.00. The number of benzene rings is 5. The van der Waals surface area contributed by atoms with Gasteiger partial charge in [-0.05, 0) is 22.3 Å². The molecule has 7 heteroatoms. The monoisotopic (exact) mass is 657 g/mol. The maximum Gasteiger partial charge on any atom is 0.183 e. The zero-order valence-electron chi connectivity index (χ0n) is 27.5. The van der Waals surface area contributed by atoms with Crippen molar-refractivity contribution in [1.29, 1.82) is 0 Å². The predicted octanol–water partition coefficient (Wildman–Crippen LogP) is 7.51. The van der Waals surface area contributed by atoms with Gasteiger partial charge in [0, 0.05) is 5.56 Å². The van der Waals surface area contributed by atoms with E-state index in [-0.39, 0.29) is 13.2 Å². The predicted molar refractivity (Wildman–Crippen MR) is 190 cm³/mol. The van der Waals surface area contributed by atoms with E-state index in [9.17, 15) is 5.21 Å². The number of hydrogen-bond donors (Lipinski definition) is 0. The summed E-state index contributed by atoms with van der Waals surface area (Å²) < 4.78 is 34.1. The molecular formula is C42H43NO6. The molecule has 0 amide bonds. The number of hydrogen-bond acceptors (Lipinski definition) is 6. The molecule has 0 N–H and O–H groups in total. The molecule has 5 aromatic rings. The standard InChI is InChI=1S/C42H43NO6/c44-43(26-33-16-6-1-7-17-33)27-38-40(46-29-35-20-10-3-11-21-35)42(48-31-37-24-14-5-15-25-37)41(47-30-36-22-12-4-13-23-36)39(49-38)32-45-28-34-18-8-2-9-19-34/h1-25,27,38-42H,26,28-32H2/b43-27-/t38-,39+,40+,41+,42+/m0/s1. The normalized spacial score (nSPS) is 21.0. The Morgan fingerprint density at radius 1 is 0.490 bits per heavy atom. The Balaban J connectivity index is 1.32. The average Bonchev–Trinajstić information content (AvgIpc) is 3.15. The molecule has 0 aliphatic carbocycles. The van der Waals surface area contributed by atoms with Crippen molar-refractivity contribution < 1.29 is 28.4 Å². The van der Waals surface area contributed by atoms with E-state index in [0.29, 0.717) is 26.4 Å². The Labute approximate surface area is 288 Å².